The van der Waals surface area contributed by atoms with Gasteiger partial charge in [0, 0.05) is 39.1 Å². The topological polar surface area (TPSA) is 90.0 Å². The quantitative estimate of drug-likeness (QED) is 0.648. The molecule has 12 heteroatoms. The molecular formula is C20H21ClF3N3O4S. The van der Waals surface area contributed by atoms with Crippen LogP contribution in [0.1, 0.15) is 12.0 Å². The number of benzene rings is 2. The van der Waals surface area contributed by atoms with Crippen LogP contribution in [0.2, 0.25) is 5.02 Å². The molecule has 0 unspecified atom stereocenters. The van der Waals surface area contributed by atoms with E-state index in [1.54, 1.807) is 29.2 Å². The van der Waals surface area contributed by atoms with Gasteiger partial charge in [-0.1, -0.05) is 23.7 Å². The van der Waals surface area contributed by atoms with Crippen LogP contribution in [0.15, 0.2) is 47.4 Å². The predicted molar refractivity (Wildman–Crippen MR) is 113 cm³/mol. The first-order valence-corrected chi connectivity index (χ1v) is 11.5. The highest BCUT2D eigenvalue weighted by Crippen LogP contribution is 2.36. The number of phenolic OH excluding ortho intramolecular Hbond substituents is 1. The van der Waals surface area contributed by atoms with Gasteiger partial charge < -0.3 is 14.9 Å². The molecule has 2 aromatic carbocycles. The first-order chi connectivity index (χ1) is 15.0. The molecule has 0 bridgehead atoms. The van der Waals surface area contributed by atoms with E-state index in [4.69, 9.17) is 11.6 Å². The molecule has 0 aliphatic carbocycles. The van der Waals surface area contributed by atoms with E-state index in [2.05, 4.69) is 4.72 Å². The molecule has 7 nitrogen and oxygen atoms in total. The molecule has 2 aromatic rings. The minimum Gasteiger partial charge on any atom is -0.506 e. The van der Waals surface area contributed by atoms with Crippen molar-refractivity contribution in [3.05, 3.63) is 53.1 Å². The fraction of sp³-hybridized carbons (Fsp3) is 0.350. The monoisotopic (exact) mass is 491 g/mol. The Kier molecular flexibility index (Phi) is 7.21. The molecule has 1 amide bonds. The van der Waals surface area contributed by atoms with Crippen LogP contribution in [0, 0.1) is 0 Å². The van der Waals surface area contributed by atoms with E-state index in [1.165, 1.54) is 0 Å². The smallest absolute Gasteiger partial charge is 0.417 e. The molecule has 1 aliphatic heterocycles. The summed E-state index contributed by atoms with van der Waals surface area (Å²) in [6, 6.07) is 9.18. The molecule has 1 saturated heterocycles. The number of hydrogen-bond donors (Lipinski definition) is 2. The Hall–Kier alpha value is -2.50. The molecule has 0 atom stereocenters. The van der Waals surface area contributed by atoms with Crippen LogP contribution >= 0.6 is 11.6 Å². The molecule has 1 aliphatic rings. The second kappa shape index (κ2) is 9.55. The van der Waals surface area contributed by atoms with Crippen LogP contribution in [0.3, 0.4) is 0 Å². The van der Waals surface area contributed by atoms with Crippen molar-refractivity contribution in [2.45, 2.75) is 17.5 Å². The van der Waals surface area contributed by atoms with Gasteiger partial charge in [-0.15, -0.1) is 0 Å². The van der Waals surface area contributed by atoms with Crippen LogP contribution in [-0.2, 0) is 21.0 Å². The summed E-state index contributed by atoms with van der Waals surface area (Å²) in [5, 5.41) is 9.34. The summed E-state index contributed by atoms with van der Waals surface area (Å²) in [6.45, 7) is 1.53. The number of carbonyl (C=O) groups excluding carboxylic acids is 1. The summed E-state index contributed by atoms with van der Waals surface area (Å²) in [5.74, 6) is -0.130. The Labute approximate surface area is 188 Å². The number of halogens is 4. The molecular weight excluding hydrogens is 471 g/mol. The Morgan fingerprint density at radius 2 is 1.75 bits per heavy atom. The van der Waals surface area contributed by atoms with Crippen molar-refractivity contribution < 1.29 is 31.5 Å². The van der Waals surface area contributed by atoms with Crippen molar-refractivity contribution >= 4 is 33.2 Å². The molecule has 0 aromatic heterocycles. The second-order valence-electron chi connectivity index (χ2n) is 7.14. The molecule has 0 spiro atoms. The number of carbonyl (C=O) groups is 1. The number of aromatic hydroxyl groups is 1. The van der Waals surface area contributed by atoms with E-state index in [1.807, 2.05) is 4.90 Å². The fourth-order valence-electron chi connectivity index (χ4n) is 3.35. The first kappa shape index (κ1) is 24.1. The van der Waals surface area contributed by atoms with Crippen LogP contribution < -0.4 is 9.62 Å². The third-order valence-electron chi connectivity index (χ3n) is 5.04. The number of nitrogens with one attached hydrogen (secondary N) is 1. The third kappa shape index (κ3) is 5.64. The lowest BCUT2D eigenvalue weighted by Gasteiger charge is -2.36. The van der Waals surface area contributed by atoms with E-state index in [0.717, 1.165) is 12.1 Å². The largest absolute Gasteiger partial charge is 0.506 e. The van der Waals surface area contributed by atoms with E-state index >= 15 is 0 Å². The van der Waals surface area contributed by atoms with Crippen molar-refractivity contribution in [2.24, 2.45) is 0 Å². The summed E-state index contributed by atoms with van der Waals surface area (Å²) >= 11 is 5.52. The average molecular weight is 492 g/mol. The highest BCUT2D eigenvalue weighted by Gasteiger charge is 2.34. The maximum Gasteiger partial charge on any atom is 0.417 e. The highest BCUT2D eigenvalue weighted by atomic mass is 35.5. The molecule has 1 heterocycles. The molecule has 32 heavy (non-hydrogen) atoms. The zero-order chi connectivity index (χ0) is 23.5. The van der Waals surface area contributed by atoms with Gasteiger partial charge in [-0.3, -0.25) is 4.79 Å². The number of piperazine rings is 1. The van der Waals surface area contributed by atoms with Crippen molar-refractivity contribution in [1.29, 1.82) is 0 Å². The number of phenols is 1. The van der Waals surface area contributed by atoms with Gasteiger partial charge in [0.15, 0.2) is 0 Å². The van der Waals surface area contributed by atoms with Gasteiger partial charge in [-0.25, -0.2) is 13.1 Å². The predicted octanol–water partition coefficient (Wildman–Crippen LogP) is 3.08. The van der Waals surface area contributed by atoms with E-state index in [9.17, 15) is 31.5 Å². The number of nitrogens with zero attached hydrogens (tertiary/aromatic N) is 2. The maximum absolute atomic E-state index is 13.0. The van der Waals surface area contributed by atoms with Crippen molar-refractivity contribution in [2.75, 3.05) is 37.6 Å². The number of rotatable bonds is 6. The maximum atomic E-state index is 13.0. The van der Waals surface area contributed by atoms with Crippen LogP contribution in [0.25, 0.3) is 0 Å². The van der Waals surface area contributed by atoms with Crippen molar-refractivity contribution in [1.82, 2.24) is 9.62 Å². The lowest BCUT2D eigenvalue weighted by Crippen LogP contribution is -2.49. The van der Waals surface area contributed by atoms with Gasteiger partial charge >= 0.3 is 6.18 Å². The molecule has 2 N–H and O–H groups in total. The van der Waals surface area contributed by atoms with Crippen molar-refractivity contribution in [3.8, 4) is 5.75 Å². The van der Waals surface area contributed by atoms with E-state index < -0.39 is 31.7 Å². The van der Waals surface area contributed by atoms with Crippen LogP contribution in [0.5, 0.6) is 5.75 Å². The van der Waals surface area contributed by atoms with Gasteiger partial charge in [0.1, 0.15) is 5.75 Å². The van der Waals surface area contributed by atoms with Gasteiger partial charge in [-0.05, 0) is 30.3 Å². The lowest BCUT2D eigenvalue weighted by molar-refractivity contribution is -0.137. The third-order valence-corrected chi connectivity index (χ3v) is 6.83. The summed E-state index contributed by atoms with van der Waals surface area (Å²) < 4.78 is 65.7. The van der Waals surface area contributed by atoms with Crippen molar-refractivity contribution in [3.63, 3.8) is 0 Å². The number of sulfonamides is 1. The Bertz CT molecular complexity index is 1090. The summed E-state index contributed by atoms with van der Waals surface area (Å²) in [5.41, 5.74) is -0.575. The SMILES string of the molecule is O=C(CCNS(=O)(=O)c1ccc(Cl)c(C(F)(F)F)c1)N1CCN(c2ccccc2O)CC1. The molecule has 1 fully saturated rings. The lowest BCUT2D eigenvalue weighted by atomic mass is 10.2. The van der Waals surface area contributed by atoms with Gasteiger partial charge in [0.2, 0.25) is 15.9 Å². The van der Waals surface area contributed by atoms with Crippen LogP contribution in [0.4, 0.5) is 18.9 Å². The van der Waals surface area contributed by atoms with E-state index in [-0.39, 0.29) is 24.6 Å². The second-order valence-corrected chi connectivity index (χ2v) is 9.32. The summed E-state index contributed by atoms with van der Waals surface area (Å²) in [6.07, 6.45) is -4.94. The standard InChI is InChI=1S/C20H21ClF3N3O4S/c21-16-6-5-14(13-15(16)20(22,23)24)32(30,31)25-8-7-19(29)27-11-9-26(10-12-27)17-3-1-2-4-18(17)28/h1-6,13,25,28H,7-12H2. The highest BCUT2D eigenvalue weighted by molar-refractivity contribution is 7.89. The minimum atomic E-state index is -4.79. The van der Waals surface area contributed by atoms with Crippen LogP contribution in [-0.4, -0.2) is 57.1 Å². The first-order valence-electron chi connectivity index (χ1n) is 9.66. The summed E-state index contributed by atoms with van der Waals surface area (Å²) in [4.78, 5) is 15.4. The number of para-hydroxylation sites is 2. The Morgan fingerprint density at radius 1 is 1.09 bits per heavy atom. The molecule has 0 radical (unpaired) electrons. The van der Waals surface area contributed by atoms with Gasteiger partial charge in [-0.2, -0.15) is 13.2 Å². The number of alkyl halides is 3. The minimum absolute atomic E-state index is 0.143. The molecule has 174 valence electrons. The Morgan fingerprint density at radius 3 is 2.38 bits per heavy atom. The Balaban J connectivity index is 1.53. The van der Waals surface area contributed by atoms with E-state index in [0.29, 0.717) is 37.9 Å². The zero-order valence-corrected chi connectivity index (χ0v) is 18.3. The molecule has 3 rings (SSSR count). The zero-order valence-electron chi connectivity index (χ0n) is 16.8. The normalized spacial score (nSPS) is 15.1. The summed E-state index contributed by atoms with van der Waals surface area (Å²) in [7, 11) is -4.25. The van der Waals surface area contributed by atoms with Gasteiger partial charge in [0.25, 0.3) is 0 Å². The average Bonchev–Trinajstić information content (AvgIpc) is 2.73. The number of anilines is 1. The molecule has 0 saturated carbocycles. The fourth-order valence-corrected chi connectivity index (χ4v) is 4.63. The van der Waals surface area contributed by atoms with Gasteiger partial charge in [0.05, 0.1) is 21.2 Å². The number of amides is 1. The number of hydrogen-bond acceptors (Lipinski definition) is 5.